The highest BCUT2D eigenvalue weighted by molar-refractivity contribution is 6.18. The lowest BCUT2D eigenvalue weighted by Gasteiger charge is -2.23. The van der Waals surface area contributed by atoms with E-state index in [4.69, 9.17) is 23.2 Å². The number of alkyl halides is 2. The second-order valence-corrected chi connectivity index (χ2v) is 5.32. The van der Waals surface area contributed by atoms with Gasteiger partial charge in [0.15, 0.2) is 0 Å². The van der Waals surface area contributed by atoms with Crippen molar-refractivity contribution in [3.05, 3.63) is 28.8 Å². The van der Waals surface area contributed by atoms with Gasteiger partial charge in [-0.3, -0.25) is 0 Å². The molecule has 1 aliphatic rings. The lowest BCUT2D eigenvalue weighted by atomic mass is 9.83. The summed E-state index contributed by atoms with van der Waals surface area (Å²) in [7, 11) is 0. The molecule has 1 saturated carbocycles. The van der Waals surface area contributed by atoms with E-state index in [1.807, 2.05) is 12.1 Å². The minimum Gasteiger partial charge on any atom is -0.507 e. The van der Waals surface area contributed by atoms with Crippen molar-refractivity contribution in [1.29, 1.82) is 0 Å². The van der Waals surface area contributed by atoms with Gasteiger partial charge in [0.2, 0.25) is 0 Å². The second kappa shape index (κ2) is 5.97. The Bertz CT molecular complexity index is 359. The van der Waals surface area contributed by atoms with Crippen molar-refractivity contribution in [2.24, 2.45) is 0 Å². The molecule has 0 spiro atoms. The van der Waals surface area contributed by atoms with Gasteiger partial charge in [-0.05, 0) is 24.3 Å². The summed E-state index contributed by atoms with van der Waals surface area (Å²) in [6.07, 6.45) is 6.44. The van der Waals surface area contributed by atoms with Gasteiger partial charge in [-0.15, -0.1) is 23.2 Å². The Morgan fingerprint density at radius 1 is 1.00 bits per heavy atom. The number of rotatable bonds is 3. The molecule has 0 saturated heterocycles. The molecule has 1 aliphatic carbocycles. The van der Waals surface area contributed by atoms with Crippen LogP contribution in [0.15, 0.2) is 12.1 Å². The molecule has 0 bridgehead atoms. The summed E-state index contributed by atoms with van der Waals surface area (Å²) in [6, 6.07) is 4.10. The van der Waals surface area contributed by atoms with Crippen LogP contribution >= 0.6 is 23.2 Å². The van der Waals surface area contributed by atoms with Crippen LogP contribution in [-0.2, 0) is 11.8 Å². The predicted molar refractivity (Wildman–Crippen MR) is 73.0 cm³/mol. The van der Waals surface area contributed by atoms with E-state index in [1.54, 1.807) is 0 Å². The fourth-order valence-electron chi connectivity index (χ4n) is 2.66. The standard InChI is InChI=1S/C14H18Cl2O/c15-8-12-6-11(7-13(9-16)14(12)17)10-4-2-1-3-5-10/h6-7,10,17H,1-5,8-9H2. The van der Waals surface area contributed by atoms with E-state index in [0.29, 0.717) is 17.7 Å². The van der Waals surface area contributed by atoms with Crippen molar-refractivity contribution in [3.8, 4) is 5.75 Å². The Balaban J connectivity index is 2.33. The molecule has 0 amide bonds. The first kappa shape index (κ1) is 13.0. The van der Waals surface area contributed by atoms with Gasteiger partial charge in [0.25, 0.3) is 0 Å². The maximum atomic E-state index is 9.94. The smallest absolute Gasteiger partial charge is 0.124 e. The fourth-order valence-corrected chi connectivity index (χ4v) is 3.07. The van der Waals surface area contributed by atoms with Gasteiger partial charge in [0.1, 0.15) is 5.75 Å². The normalized spacial score (nSPS) is 17.3. The number of hydrogen-bond acceptors (Lipinski definition) is 1. The van der Waals surface area contributed by atoms with Crippen molar-refractivity contribution >= 4 is 23.2 Å². The van der Waals surface area contributed by atoms with Crippen LogP contribution in [-0.4, -0.2) is 5.11 Å². The van der Waals surface area contributed by atoms with Gasteiger partial charge in [-0.1, -0.05) is 31.4 Å². The van der Waals surface area contributed by atoms with Gasteiger partial charge in [-0.2, -0.15) is 0 Å². The minimum absolute atomic E-state index is 0.273. The van der Waals surface area contributed by atoms with Crippen LogP contribution in [0.5, 0.6) is 5.75 Å². The molecular weight excluding hydrogens is 255 g/mol. The van der Waals surface area contributed by atoms with Crippen LogP contribution in [0.4, 0.5) is 0 Å². The summed E-state index contributed by atoms with van der Waals surface area (Å²) in [4.78, 5) is 0. The summed E-state index contributed by atoms with van der Waals surface area (Å²) in [5.41, 5.74) is 2.92. The number of halogens is 2. The van der Waals surface area contributed by atoms with Gasteiger partial charge < -0.3 is 5.11 Å². The minimum atomic E-state index is 0.273. The summed E-state index contributed by atoms with van der Waals surface area (Å²) >= 11 is 11.7. The van der Waals surface area contributed by atoms with Crippen LogP contribution in [0.2, 0.25) is 0 Å². The van der Waals surface area contributed by atoms with E-state index in [2.05, 4.69) is 0 Å². The maximum Gasteiger partial charge on any atom is 0.124 e. The van der Waals surface area contributed by atoms with Crippen LogP contribution in [0.3, 0.4) is 0 Å². The van der Waals surface area contributed by atoms with Crippen molar-refractivity contribution in [2.75, 3.05) is 0 Å². The van der Waals surface area contributed by atoms with Gasteiger partial charge in [-0.25, -0.2) is 0 Å². The highest BCUT2D eigenvalue weighted by Gasteiger charge is 2.18. The van der Waals surface area contributed by atoms with Crippen LogP contribution in [0, 0.1) is 0 Å². The average Bonchev–Trinajstić information content (AvgIpc) is 2.40. The molecule has 0 unspecified atom stereocenters. The molecule has 94 valence electrons. The van der Waals surface area contributed by atoms with Crippen molar-refractivity contribution in [2.45, 2.75) is 49.8 Å². The van der Waals surface area contributed by atoms with E-state index >= 15 is 0 Å². The molecule has 2 rings (SSSR count). The topological polar surface area (TPSA) is 20.2 Å². The zero-order chi connectivity index (χ0) is 12.3. The Kier molecular flexibility index (Phi) is 4.58. The van der Waals surface area contributed by atoms with Gasteiger partial charge in [0, 0.05) is 11.1 Å². The fraction of sp³-hybridized carbons (Fsp3) is 0.571. The molecule has 0 aromatic heterocycles. The molecule has 1 nitrogen and oxygen atoms in total. The van der Waals surface area contributed by atoms with Crippen molar-refractivity contribution in [1.82, 2.24) is 0 Å². The quantitative estimate of drug-likeness (QED) is 0.775. The van der Waals surface area contributed by atoms with E-state index in [9.17, 15) is 5.11 Å². The van der Waals surface area contributed by atoms with Crippen molar-refractivity contribution in [3.63, 3.8) is 0 Å². The molecule has 1 fully saturated rings. The third-order valence-electron chi connectivity index (χ3n) is 3.65. The zero-order valence-corrected chi connectivity index (χ0v) is 11.4. The first-order valence-corrected chi connectivity index (χ1v) is 7.29. The Labute approximate surface area is 113 Å². The number of hydrogen-bond donors (Lipinski definition) is 1. The number of phenols is 1. The Morgan fingerprint density at radius 2 is 1.53 bits per heavy atom. The lowest BCUT2D eigenvalue weighted by Crippen LogP contribution is -2.05. The highest BCUT2D eigenvalue weighted by atomic mass is 35.5. The predicted octanol–water partition coefficient (Wildman–Crippen LogP) is 4.92. The summed E-state index contributed by atoms with van der Waals surface area (Å²) in [5.74, 6) is 1.58. The van der Waals surface area contributed by atoms with Gasteiger partial charge >= 0.3 is 0 Å². The lowest BCUT2D eigenvalue weighted by molar-refractivity contribution is 0.440. The molecule has 0 radical (unpaired) electrons. The number of aromatic hydroxyl groups is 1. The van der Waals surface area contributed by atoms with Crippen molar-refractivity contribution < 1.29 is 5.11 Å². The molecule has 0 heterocycles. The molecule has 0 aliphatic heterocycles. The molecular formula is C14H18Cl2O. The average molecular weight is 273 g/mol. The van der Waals surface area contributed by atoms with E-state index in [-0.39, 0.29) is 5.75 Å². The highest BCUT2D eigenvalue weighted by Crippen LogP contribution is 2.36. The molecule has 1 N–H and O–H groups in total. The summed E-state index contributed by atoms with van der Waals surface area (Å²) in [5, 5.41) is 9.94. The second-order valence-electron chi connectivity index (χ2n) is 4.79. The summed E-state index contributed by atoms with van der Waals surface area (Å²) in [6.45, 7) is 0. The molecule has 17 heavy (non-hydrogen) atoms. The molecule has 1 aromatic carbocycles. The zero-order valence-electron chi connectivity index (χ0n) is 9.88. The van der Waals surface area contributed by atoms with Crippen LogP contribution < -0.4 is 0 Å². The van der Waals surface area contributed by atoms with E-state index in [0.717, 1.165) is 11.1 Å². The third-order valence-corrected chi connectivity index (χ3v) is 4.23. The molecule has 0 atom stereocenters. The maximum absolute atomic E-state index is 9.94. The number of benzene rings is 1. The van der Waals surface area contributed by atoms with E-state index in [1.165, 1.54) is 37.7 Å². The Hall–Kier alpha value is -0.400. The van der Waals surface area contributed by atoms with Gasteiger partial charge in [0.05, 0.1) is 11.8 Å². The number of phenolic OH excluding ortho intramolecular Hbond substituents is 1. The first-order chi connectivity index (χ1) is 8.26. The van der Waals surface area contributed by atoms with Crippen LogP contribution in [0.25, 0.3) is 0 Å². The largest absolute Gasteiger partial charge is 0.507 e. The van der Waals surface area contributed by atoms with Crippen LogP contribution in [0.1, 0.15) is 54.7 Å². The molecule has 1 aromatic rings. The Morgan fingerprint density at radius 3 is 2.00 bits per heavy atom. The first-order valence-electron chi connectivity index (χ1n) is 6.23. The molecule has 3 heteroatoms. The third kappa shape index (κ3) is 2.89. The SMILES string of the molecule is Oc1c(CCl)cc(C2CCCCC2)cc1CCl. The summed E-state index contributed by atoms with van der Waals surface area (Å²) < 4.78 is 0. The van der Waals surface area contributed by atoms with E-state index < -0.39 is 0 Å². The monoisotopic (exact) mass is 272 g/mol.